The van der Waals surface area contributed by atoms with Gasteiger partial charge < -0.3 is 5.32 Å². The van der Waals surface area contributed by atoms with Crippen molar-refractivity contribution in [3.63, 3.8) is 0 Å². The van der Waals surface area contributed by atoms with Crippen molar-refractivity contribution >= 4 is 15.9 Å². The normalized spacial score (nSPS) is 23.1. The molecule has 1 aliphatic rings. The lowest BCUT2D eigenvalue weighted by Gasteiger charge is -2.38. The average Bonchev–Trinajstić information content (AvgIpc) is 2.44. The molecule has 2 aromatic rings. The number of nitrogens with zero attached hydrogens (tertiary/aromatic N) is 1. The minimum absolute atomic E-state index is 0.375. The van der Waals surface area contributed by atoms with Crippen molar-refractivity contribution in [3.8, 4) is 0 Å². The van der Waals surface area contributed by atoms with Crippen LogP contribution in [0.4, 0.5) is 0 Å². The van der Waals surface area contributed by atoms with Gasteiger partial charge in [0.25, 0.3) is 0 Å². The van der Waals surface area contributed by atoms with Gasteiger partial charge in [0.1, 0.15) is 0 Å². The number of hydrogen-bond acceptors (Lipinski definition) is 2. The summed E-state index contributed by atoms with van der Waals surface area (Å²) in [5, 5.41) is 3.69. The van der Waals surface area contributed by atoms with Crippen molar-refractivity contribution in [3.05, 3.63) is 64.4 Å². The van der Waals surface area contributed by atoms with Crippen LogP contribution in [0.25, 0.3) is 0 Å². The molecule has 0 bridgehead atoms. The molecule has 1 aliphatic carbocycles. The largest absolute Gasteiger partial charge is 0.307 e. The summed E-state index contributed by atoms with van der Waals surface area (Å²) in [5.74, 6) is 0.710. The second-order valence-electron chi connectivity index (χ2n) is 5.59. The van der Waals surface area contributed by atoms with Crippen LogP contribution < -0.4 is 5.32 Å². The van der Waals surface area contributed by atoms with E-state index in [0.29, 0.717) is 18.0 Å². The van der Waals surface area contributed by atoms with Crippen LogP contribution in [0.1, 0.15) is 42.9 Å². The first kappa shape index (κ1) is 13.8. The van der Waals surface area contributed by atoms with Gasteiger partial charge in [0.2, 0.25) is 0 Å². The van der Waals surface area contributed by atoms with E-state index >= 15 is 0 Å². The molecule has 0 radical (unpaired) electrons. The Labute approximate surface area is 128 Å². The minimum Gasteiger partial charge on any atom is -0.307 e. The maximum Gasteiger partial charge on any atom is 0.0315 e. The van der Waals surface area contributed by atoms with E-state index in [9.17, 15) is 0 Å². The molecule has 2 nitrogen and oxygen atoms in total. The van der Waals surface area contributed by atoms with Gasteiger partial charge in [-0.2, -0.15) is 0 Å². The van der Waals surface area contributed by atoms with Crippen molar-refractivity contribution in [2.75, 3.05) is 0 Å². The summed E-state index contributed by atoms with van der Waals surface area (Å²) >= 11 is 3.49. The standard InChI is InChI=1S/C17H19BrN2/c1-12(14-3-2-8-19-11-14)20-17-9-15(10-17)13-4-6-16(18)7-5-13/h2-8,11-12,15,17,20H,9-10H2,1H3. The SMILES string of the molecule is CC(NC1CC(c2ccc(Br)cc2)C1)c1cccnc1. The summed E-state index contributed by atoms with van der Waals surface area (Å²) in [6, 6.07) is 13.9. The van der Waals surface area contributed by atoms with Crippen LogP contribution in [0.2, 0.25) is 0 Å². The quantitative estimate of drug-likeness (QED) is 0.896. The van der Waals surface area contributed by atoms with Gasteiger partial charge in [0.05, 0.1) is 0 Å². The Kier molecular flexibility index (Phi) is 4.18. The first-order valence-electron chi connectivity index (χ1n) is 7.14. The molecule has 104 valence electrons. The highest BCUT2D eigenvalue weighted by atomic mass is 79.9. The van der Waals surface area contributed by atoms with Gasteiger partial charge in [-0.15, -0.1) is 0 Å². The number of pyridine rings is 1. The number of benzene rings is 1. The van der Waals surface area contributed by atoms with Crippen LogP contribution in [0.3, 0.4) is 0 Å². The Morgan fingerprint density at radius 2 is 1.95 bits per heavy atom. The summed E-state index contributed by atoms with van der Waals surface area (Å²) in [4.78, 5) is 4.18. The monoisotopic (exact) mass is 330 g/mol. The van der Waals surface area contributed by atoms with E-state index in [1.54, 1.807) is 0 Å². The van der Waals surface area contributed by atoms with Crippen LogP contribution in [0.15, 0.2) is 53.3 Å². The molecule has 1 aromatic carbocycles. The van der Waals surface area contributed by atoms with Gasteiger partial charge >= 0.3 is 0 Å². The van der Waals surface area contributed by atoms with E-state index in [4.69, 9.17) is 0 Å². The summed E-state index contributed by atoms with van der Waals surface area (Å²) in [6.45, 7) is 2.21. The lowest BCUT2D eigenvalue weighted by molar-refractivity contribution is 0.271. The topological polar surface area (TPSA) is 24.9 Å². The molecule has 1 N–H and O–H groups in total. The zero-order chi connectivity index (χ0) is 13.9. The highest BCUT2D eigenvalue weighted by molar-refractivity contribution is 9.10. The Hall–Kier alpha value is -1.19. The van der Waals surface area contributed by atoms with Crippen LogP contribution in [-0.4, -0.2) is 11.0 Å². The lowest BCUT2D eigenvalue weighted by Crippen LogP contribution is -2.41. The van der Waals surface area contributed by atoms with Crippen LogP contribution in [0.5, 0.6) is 0 Å². The molecule has 1 aromatic heterocycles. The van der Waals surface area contributed by atoms with Gasteiger partial charge in [-0.1, -0.05) is 34.1 Å². The second kappa shape index (κ2) is 6.06. The molecule has 1 heterocycles. The zero-order valence-electron chi connectivity index (χ0n) is 11.6. The Bertz CT molecular complexity index is 547. The van der Waals surface area contributed by atoms with Gasteiger partial charge in [-0.25, -0.2) is 0 Å². The molecule has 20 heavy (non-hydrogen) atoms. The molecular formula is C17H19BrN2. The molecule has 0 saturated heterocycles. The first-order valence-corrected chi connectivity index (χ1v) is 7.93. The Morgan fingerprint density at radius 1 is 1.20 bits per heavy atom. The van der Waals surface area contributed by atoms with E-state index in [1.807, 2.05) is 18.5 Å². The summed E-state index contributed by atoms with van der Waals surface area (Å²) in [5.41, 5.74) is 2.72. The van der Waals surface area contributed by atoms with E-state index in [2.05, 4.69) is 63.5 Å². The fourth-order valence-electron chi connectivity index (χ4n) is 2.84. The summed E-state index contributed by atoms with van der Waals surface area (Å²) in [7, 11) is 0. The first-order chi connectivity index (χ1) is 9.72. The lowest BCUT2D eigenvalue weighted by atomic mass is 9.75. The van der Waals surface area contributed by atoms with Gasteiger partial charge in [0, 0.05) is 29.0 Å². The zero-order valence-corrected chi connectivity index (χ0v) is 13.2. The van der Waals surface area contributed by atoms with Gasteiger partial charge in [0.15, 0.2) is 0 Å². The van der Waals surface area contributed by atoms with Crippen molar-refractivity contribution in [1.29, 1.82) is 0 Å². The maximum absolute atomic E-state index is 4.18. The smallest absolute Gasteiger partial charge is 0.0315 e. The van der Waals surface area contributed by atoms with Crippen LogP contribution in [0, 0.1) is 0 Å². The Morgan fingerprint density at radius 3 is 2.60 bits per heavy atom. The number of halogens is 1. The predicted octanol–water partition coefficient (Wildman–Crippen LogP) is 4.44. The second-order valence-corrected chi connectivity index (χ2v) is 6.51. The highest BCUT2D eigenvalue weighted by Gasteiger charge is 2.30. The van der Waals surface area contributed by atoms with Gasteiger partial charge in [-0.3, -0.25) is 4.98 Å². The fraction of sp³-hybridized carbons (Fsp3) is 0.353. The maximum atomic E-state index is 4.18. The minimum atomic E-state index is 0.375. The van der Waals surface area contributed by atoms with Crippen molar-refractivity contribution < 1.29 is 0 Å². The molecule has 1 saturated carbocycles. The molecule has 1 unspecified atom stereocenters. The third-order valence-electron chi connectivity index (χ3n) is 4.15. The van der Waals surface area contributed by atoms with E-state index in [-0.39, 0.29) is 0 Å². The molecule has 0 spiro atoms. The fourth-order valence-corrected chi connectivity index (χ4v) is 3.11. The number of hydrogen-bond donors (Lipinski definition) is 1. The highest BCUT2D eigenvalue weighted by Crippen LogP contribution is 2.38. The van der Waals surface area contributed by atoms with Crippen molar-refractivity contribution in [2.24, 2.45) is 0 Å². The molecular weight excluding hydrogens is 312 g/mol. The molecule has 0 aliphatic heterocycles. The van der Waals surface area contributed by atoms with Gasteiger partial charge in [-0.05, 0) is 55.0 Å². The van der Waals surface area contributed by atoms with E-state index in [1.165, 1.54) is 24.0 Å². The molecule has 1 atom stereocenters. The molecule has 3 rings (SSSR count). The average molecular weight is 331 g/mol. The number of aromatic nitrogens is 1. The number of nitrogens with one attached hydrogen (secondary N) is 1. The summed E-state index contributed by atoms with van der Waals surface area (Å²) in [6.07, 6.45) is 6.23. The number of rotatable bonds is 4. The van der Waals surface area contributed by atoms with E-state index < -0.39 is 0 Å². The third kappa shape index (κ3) is 3.10. The van der Waals surface area contributed by atoms with Crippen molar-refractivity contribution in [1.82, 2.24) is 10.3 Å². The molecule has 1 fully saturated rings. The molecule has 0 amide bonds. The van der Waals surface area contributed by atoms with E-state index in [0.717, 1.165) is 4.47 Å². The van der Waals surface area contributed by atoms with Crippen LogP contribution >= 0.6 is 15.9 Å². The van der Waals surface area contributed by atoms with Crippen molar-refractivity contribution in [2.45, 2.75) is 37.8 Å². The summed E-state index contributed by atoms with van der Waals surface area (Å²) < 4.78 is 1.15. The predicted molar refractivity (Wildman–Crippen MR) is 85.7 cm³/mol. The Balaban J connectivity index is 1.52. The van der Waals surface area contributed by atoms with Crippen LogP contribution in [-0.2, 0) is 0 Å². The molecule has 3 heteroatoms. The third-order valence-corrected chi connectivity index (χ3v) is 4.68.